The molecule has 1 rings (SSSR count). The third-order valence-corrected chi connectivity index (χ3v) is 2.33. The molecule has 1 fully saturated rings. The van der Waals surface area contributed by atoms with E-state index in [9.17, 15) is 4.79 Å². The Morgan fingerprint density at radius 3 is 2.75 bits per heavy atom. The molecule has 0 N–H and O–H groups in total. The maximum atomic E-state index is 11.3. The van der Waals surface area contributed by atoms with Crippen LogP contribution >= 0.6 is 0 Å². The second-order valence-electron chi connectivity index (χ2n) is 3.57. The van der Waals surface area contributed by atoms with Gasteiger partial charge in [-0.15, -0.1) is 0 Å². The number of hydrogen-bond donors (Lipinski definition) is 0. The van der Waals surface area contributed by atoms with E-state index in [1.807, 2.05) is 17.9 Å². The topological polar surface area (TPSA) is 44.1 Å². The number of nitriles is 1. The van der Waals surface area contributed by atoms with Crippen LogP contribution in [0.5, 0.6) is 0 Å². The highest BCUT2D eigenvalue weighted by Crippen LogP contribution is 2.22. The molecule has 1 heterocycles. The lowest BCUT2D eigenvalue weighted by Crippen LogP contribution is -2.33. The molecule has 12 heavy (non-hydrogen) atoms. The van der Waals surface area contributed by atoms with Crippen molar-refractivity contribution >= 4 is 5.91 Å². The molecule has 0 aromatic carbocycles. The Kier molecular flexibility index (Phi) is 2.69. The van der Waals surface area contributed by atoms with Crippen molar-refractivity contribution in [1.29, 1.82) is 5.26 Å². The molecule has 66 valence electrons. The Labute approximate surface area is 73.0 Å². The van der Waals surface area contributed by atoms with Crippen LogP contribution in [0.15, 0.2) is 0 Å². The molecule has 2 unspecified atom stereocenters. The summed E-state index contributed by atoms with van der Waals surface area (Å²) in [5.41, 5.74) is 0. The van der Waals surface area contributed by atoms with Crippen molar-refractivity contribution in [2.24, 2.45) is 5.92 Å². The van der Waals surface area contributed by atoms with Crippen molar-refractivity contribution < 1.29 is 4.79 Å². The van der Waals surface area contributed by atoms with Gasteiger partial charge in [0.25, 0.3) is 0 Å². The zero-order valence-corrected chi connectivity index (χ0v) is 7.58. The summed E-state index contributed by atoms with van der Waals surface area (Å²) in [5, 5.41) is 8.35. The zero-order chi connectivity index (χ0) is 9.14. The number of likely N-dealkylation sites (tertiary alicyclic amines) is 1. The normalized spacial score (nSPS) is 28.6. The minimum atomic E-state index is -0.0191. The van der Waals surface area contributed by atoms with Crippen LogP contribution in [-0.4, -0.2) is 23.4 Å². The molecule has 1 amide bonds. The first-order chi connectivity index (χ1) is 5.65. The maximum absolute atomic E-state index is 11.3. The molecular weight excluding hydrogens is 152 g/mol. The molecular formula is C9H14N2O. The first-order valence-electron chi connectivity index (χ1n) is 4.31. The highest BCUT2D eigenvalue weighted by Gasteiger charge is 2.29. The van der Waals surface area contributed by atoms with Gasteiger partial charge in [0.05, 0.1) is 6.07 Å². The smallest absolute Gasteiger partial charge is 0.237 e. The predicted octanol–water partition coefficient (Wildman–Crippen LogP) is 1.16. The van der Waals surface area contributed by atoms with Crippen molar-refractivity contribution in [1.82, 2.24) is 4.90 Å². The molecule has 3 nitrogen and oxygen atoms in total. The summed E-state index contributed by atoms with van der Waals surface area (Å²) in [7, 11) is 0. The summed E-state index contributed by atoms with van der Waals surface area (Å²) < 4.78 is 0. The van der Waals surface area contributed by atoms with Gasteiger partial charge >= 0.3 is 0 Å². The number of carbonyl (C=O) groups is 1. The van der Waals surface area contributed by atoms with Crippen LogP contribution in [0.2, 0.25) is 0 Å². The fourth-order valence-electron chi connectivity index (χ4n) is 1.82. The molecule has 0 aliphatic carbocycles. The average molecular weight is 166 g/mol. The molecule has 0 aromatic rings. The molecule has 0 aromatic heterocycles. The van der Waals surface area contributed by atoms with Crippen LogP contribution in [0, 0.1) is 17.2 Å². The van der Waals surface area contributed by atoms with Gasteiger partial charge in [-0.2, -0.15) is 5.26 Å². The third-order valence-electron chi connectivity index (χ3n) is 2.33. The Hall–Kier alpha value is -1.04. The van der Waals surface area contributed by atoms with Gasteiger partial charge in [0, 0.05) is 12.6 Å². The van der Waals surface area contributed by atoms with Gasteiger partial charge in [-0.1, -0.05) is 6.92 Å². The molecule has 2 atom stereocenters. The molecule has 0 bridgehead atoms. The third kappa shape index (κ3) is 1.76. The Bertz CT molecular complexity index is 219. The molecule has 0 saturated carbocycles. The molecule has 0 radical (unpaired) electrons. The summed E-state index contributed by atoms with van der Waals surface area (Å²) in [6.07, 6.45) is 1.09. The van der Waals surface area contributed by atoms with Crippen LogP contribution in [0.25, 0.3) is 0 Å². The summed E-state index contributed by atoms with van der Waals surface area (Å²) in [5.74, 6) is 0.567. The molecule has 1 aliphatic rings. The van der Waals surface area contributed by atoms with E-state index in [1.165, 1.54) is 0 Å². The molecule has 0 spiro atoms. The van der Waals surface area contributed by atoms with Crippen molar-refractivity contribution in [3.8, 4) is 6.07 Å². The minimum absolute atomic E-state index is 0.0191. The van der Waals surface area contributed by atoms with E-state index in [4.69, 9.17) is 5.26 Å². The number of nitrogens with zero attached hydrogens (tertiary/aromatic N) is 2. The van der Waals surface area contributed by atoms with Gasteiger partial charge in [0.15, 0.2) is 0 Å². The first kappa shape index (κ1) is 9.05. The monoisotopic (exact) mass is 166 g/mol. The van der Waals surface area contributed by atoms with E-state index in [1.54, 1.807) is 0 Å². The van der Waals surface area contributed by atoms with Crippen molar-refractivity contribution in [3.05, 3.63) is 0 Å². The van der Waals surface area contributed by atoms with Crippen molar-refractivity contribution in [2.45, 2.75) is 32.7 Å². The highest BCUT2D eigenvalue weighted by molar-refractivity contribution is 5.78. The zero-order valence-electron chi connectivity index (χ0n) is 7.58. The lowest BCUT2D eigenvalue weighted by Gasteiger charge is -2.19. The van der Waals surface area contributed by atoms with Crippen molar-refractivity contribution in [2.75, 3.05) is 6.54 Å². The van der Waals surface area contributed by atoms with Crippen LogP contribution in [0.1, 0.15) is 26.7 Å². The minimum Gasteiger partial charge on any atom is -0.339 e. The van der Waals surface area contributed by atoms with E-state index in [2.05, 4.69) is 6.92 Å². The summed E-state index contributed by atoms with van der Waals surface area (Å²) in [6, 6.07) is 2.21. The van der Waals surface area contributed by atoms with Gasteiger partial charge in [0.1, 0.15) is 6.42 Å². The Morgan fingerprint density at radius 1 is 1.67 bits per heavy atom. The SMILES string of the molecule is CC1CC(C)N(C(=O)CC#N)C1. The Morgan fingerprint density at radius 2 is 2.33 bits per heavy atom. The first-order valence-corrected chi connectivity index (χ1v) is 4.31. The fourth-order valence-corrected chi connectivity index (χ4v) is 1.82. The molecule has 1 aliphatic heterocycles. The number of amides is 1. The van der Waals surface area contributed by atoms with E-state index in [0.717, 1.165) is 13.0 Å². The second kappa shape index (κ2) is 3.57. The fraction of sp³-hybridized carbons (Fsp3) is 0.778. The van der Waals surface area contributed by atoms with Crippen LogP contribution in [0.4, 0.5) is 0 Å². The predicted molar refractivity (Wildman–Crippen MR) is 45.2 cm³/mol. The Balaban J connectivity index is 2.53. The number of hydrogen-bond acceptors (Lipinski definition) is 2. The van der Waals surface area contributed by atoms with Gasteiger partial charge in [-0.25, -0.2) is 0 Å². The maximum Gasteiger partial charge on any atom is 0.237 e. The van der Waals surface area contributed by atoms with E-state index in [-0.39, 0.29) is 12.3 Å². The van der Waals surface area contributed by atoms with Crippen LogP contribution < -0.4 is 0 Å². The lowest BCUT2D eigenvalue weighted by atomic mass is 10.1. The standard InChI is InChI=1S/C9H14N2O/c1-7-5-8(2)11(6-7)9(12)3-4-10/h7-8H,3,5-6H2,1-2H3. The second-order valence-corrected chi connectivity index (χ2v) is 3.57. The van der Waals surface area contributed by atoms with Crippen LogP contribution in [0.3, 0.4) is 0 Å². The van der Waals surface area contributed by atoms with E-state index in [0.29, 0.717) is 12.0 Å². The van der Waals surface area contributed by atoms with E-state index < -0.39 is 0 Å². The largest absolute Gasteiger partial charge is 0.339 e. The summed E-state index contributed by atoms with van der Waals surface area (Å²) in [6.45, 7) is 5.00. The average Bonchev–Trinajstić information content (AvgIpc) is 2.30. The summed E-state index contributed by atoms with van der Waals surface area (Å²) >= 11 is 0. The van der Waals surface area contributed by atoms with Gasteiger partial charge in [0.2, 0.25) is 5.91 Å². The van der Waals surface area contributed by atoms with Crippen LogP contribution in [-0.2, 0) is 4.79 Å². The number of carbonyl (C=O) groups excluding carboxylic acids is 1. The lowest BCUT2D eigenvalue weighted by molar-refractivity contribution is -0.130. The van der Waals surface area contributed by atoms with Gasteiger partial charge in [-0.3, -0.25) is 4.79 Å². The van der Waals surface area contributed by atoms with E-state index >= 15 is 0 Å². The number of rotatable bonds is 1. The van der Waals surface area contributed by atoms with Gasteiger partial charge in [-0.05, 0) is 19.3 Å². The summed E-state index contributed by atoms with van der Waals surface area (Å²) in [4.78, 5) is 13.1. The molecule has 3 heteroatoms. The van der Waals surface area contributed by atoms with Gasteiger partial charge < -0.3 is 4.90 Å². The molecule has 1 saturated heterocycles. The van der Waals surface area contributed by atoms with Crippen molar-refractivity contribution in [3.63, 3.8) is 0 Å². The quantitative estimate of drug-likeness (QED) is 0.586. The highest BCUT2D eigenvalue weighted by atomic mass is 16.2.